The molecule has 3 heteroatoms. The van der Waals surface area contributed by atoms with Crippen molar-refractivity contribution in [3.05, 3.63) is 53.6 Å². The molecule has 0 saturated heterocycles. The van der Waals surface area contributed by atoms with E-state index in [0.29, 0.717) is 0 Å². The molecule has 0 fully saturated rings. The van der Waals surface area contributed by atoms with Gasteiger partial charge in [-0.05, 0) is 36.1 Å². The Labute approximate surface area is 102 Å². The number of pyridine rings is 1. The fraction of sp³-hybridized carbons (Fsp3) is 0.357. The number of rotatable bonds is 4. The van der Waals surface area contributed by atoms with Crippen LogP contribution in [-0.2, 0) is 6.54 Å². The number of hydrogen-bond donors (Lipinski definition) is 1. The van der Waals surface area contributed by atoms with Gasteiger partial charge in [0.05, 0.1) is 0 Å². The molecule has 0 aliphatic carbocycles. The maximum Gasteiger partial charge on any atom is 0.0485 e. The van der Waals surface area contributed by atoms with Crippen molar-refractivity contribution < 1.29 is 0 Å². The van der Waals surface area contributed by atoms with E-state index in [9.17, 15) is 0 Å². The van der Waals surface area contributed by atoms with Gasteiger partial charge in [-0.15, -0.1) is 0 Å². The molecule has 1 atom stereocenters. The summed E-state index contributed by atoms with van der Waals surface area (Å²) in [5, 5.41) is 0. The lowest BCUT2D eigenvalue weighted by atomic mass is 10.1. The molecule has 0 amide bonds. The van der Waals surface area contributed by atoms with E-state index >= 15 is 0 Å². The molecule has 0 aliphatic rings. The average Bonchev–Trinajstić information content (AvgIpc) is 2.76. The minimum atomic E-state index is 0.145. The molecule has 0 saturated carbocycles. The van der Waals surface area contributed by atoms with Gasteiger partial charge in [-0.1, -0.05) is 13.0 Å². The van der Waals surface area contributed by atoms with Crippen LogP contribution in [0.3, 0.4) is 0 Å². The Balaban J connectivity index is 2.11. The van der Waals surface area contributed by atoms with E-state index < -0.39 is 0 Å². The Morgan fingerprint density at radius 3 is 2.94 bits per heavy atom. The van der Waals surface area contributed by atoms with E-state index in [2.05, 4.69) is 47.9 Å². The van der Waals surface area contributed by atoms with Gasteiger partial charge in [0.15, 0.2) is 0 Å². The lowest BCUT2D eigenvalue weighted by Crippen LogP contribution is -2.07. The summed E-state index contributed by atoms with van der Waals surface area (Å²) >= 11 is 0. The maximum absolute atomic E-state index is 6.00. The van der Waals surface area contributed by atoms with Gasteiger partial charge < -0.3 is 10.3 Å². The van der Waals surface area contributed by atoms with Crippen LogP contribution in [0.4, 0.5) is 0 Å². The van der Waals surface area contributed by atoms with Crippen molar-refractivity contribution in [1.29, 1.82) is 0 Å². The standard InChI is InChI=1S/C14H19N3/c1-3-14(15)13-4-5-17(10-13)9-12-6-11(2)7-16-8-12/h4-8,10,14H,3,9,15H2,1-2H3. The summed E-state index contributed by atoms with van der Waals surface area (Å²) in [6, 6.07) is 4.40. The molecule has 0 spiro atoms. The van der Waals surface area contributed by atoms with Gasteiger partial charge in [0.1, 0.15) is 0 Å². The van der Waals surface area contributed by atoms with Gasteiger partial charge in [0.25, 0.3) is 0 Å². The predicted molar refractivity (Wildman–Crippen MR) is 69.7 cm³/mol. The van der Waals surface area contributed by atoms with Crippen LogP contribution in [0, 0.1) is 6.92 Å². The molecular weight excluding hydrogens is 210 g/mol. The highest BCUT2D eigenvalue weighted by molar-refractivity contribution is 5.20. The Hall–Kier alpha value is -1.61. The van der Waals surface area contributed by atoms with Crippen LogP contribution in [0.5, 0.6) is 0 Å². The lowest BCUT2D eigenvalue weighted by Gasteiger charge is -2.06. The summed E-state index contributed by atoms with van der Waals surface area (Å²) in [6.45, 7) is 5.02. The van der Waals surface area contributed by atoms with Crippen LogP contribution in [-0.4, -0.2) is 9.55 Å². The van der Waals surface area contributed by atoms with Crippen molar-refractivity contribution in [2.24, 2.45) is 5.73 Å². The minimum absolute atomic E-state index is 0.145. The van der Waals surface area contributed by atoms with Gasteiger partial charge in [-0.3, -0.25) is 4.98 Å². The number of nitrogens with two attached hydrogens (primary N) is 1. The zero-order valence-corrected chi connectivity index (χ0v) is 10.4. The van der Waals surface area contributed by atoms with Crippen LogP contribution in [0.1, 0.15) is 36.1 Å². The predicted octanol–water partition coefficient (Wildman–Crippen LogP) is 2.65. The Morgan fingerprint density at radius 1 is 1.41 bits per heavy atom. The third kappa shape index (κ3) is 2.94. The zero-order valence-electron chi connectivity index (χ0n) is 10.4. The third-order valence-corrected chi connectivity index (χ3v) is 2.94. The average molecular weight is 229 g/mol. The second-order valence-electron chi connectivity index (χ2n) is 4.50. The topological polar surface area (TPSA) is 43.8 Å². The van der Waals surface area contributed by atoms with Crippen molar-refractivity contribution in [2.45, 2.75) is 32.9 Å². The van der Waals surface area contributed by atoms with Gasteiger partial charge in [0, 0.05) is 37.4 Å². The molecule has 0 aromatic carbocycles. The van der Waals surface area contributed by atoms with Crippen molar-refractivity contribution in [3.63, 3.8) is 0 Å². The highest BCUT2D eigenvalue weighted by Gasteiger charge is 2.05. The second-order valence-corrected chi connectivity index (χ2v) is 4.50. The molecule has 0 aliphatic heterocycles. The number of hydrogen-bond acceptors (Lipinski definition) is 2. The summed E-state index contributed by atoms with van der Waals surface area (Å²) in [5.41, 5.74) is 9.62. The molecule has 90 valence electrons. The summed E-state index contributed by atoms with van der Waals surface area (Å²) in [7, 11) is 0. The molecule has 0 radical (unpaired) electrons. The van der Waals surface area contributed by atoms with Gasteiger partial charge in [-0.2, -0.15) is 0 Å². The molecule has 2 aromatic rings. The summed E-state index contributed by atoms with van der Waals surface area (Å²) < 4.78 is 2.15. The smallest absolute Gasteiger partial charge is 0.0485 e. The largest absolute Gasteiger partial charge is 0.350 e. The first-order chi connectivity index (χ1) is 8.19. The summed E-state index contributed by atoms with van der Waals surface area (Å²) in [5.74, 6) is 0. The van der Waals surface area contributed by atoms with Gasteiger partial charge >= 0.3 is 0 Å². The van der Waals surface area contributed by atoms with Gasteiger partial charge in [-0.25, -0.2) is 0 Å². The Bertz CT molecular complexity index is 488. The number of nitrogens with zero attached hydrogens (tertiary/aromatic N) is 2. The van der Waals surface area contributed by atoms with Crippen molar-refractivity contribution in [1.82, 2.24) is 9.55 Å². The molecule has 1 unspecified atom stereocenters. The summed E-state index contributed by atoms with van der Waals surface area (Å²) in [4.78, 5) is 4.20. The molecule has 2 N–H and O–H groups in total. The third-order valence-electron chi connectivity index (χ3n) is 2.94. The van der Waals surface area contributed by atoms with E-state index in [1.165, 1.54) is 16.7 Å². The van der Waals surface area contributed by atoms with Crippen molar-refractivity contribution in [2.75, 3.05) is 0 Å². The fourth-order valence-corrected chi connectivity index (χ4v) is 1.93. The molecule has 2 heterocycles. The normalized spacial score (nSPS) is 12.6. The van der Waals surface area contributed by atoms with Crippen LogP contribution in [0.25, 0.3) is 0 Å². The Kier molecular flexibility index (Phi) is 3.59. The summed E-state index contributed by atoms with van der Waals surface area (Å²) in [6.07, 6.45) is 8.95. The van der Waals surface area contributed by atoms with Crippen molar-refractivity contribution >= 4 is 0 Å². The first kappa shape index (κ1) is 11.9. The van der Waals surface area contributed by atoms with Crippen molar-refractivity contribution in [3.8, 4) is 0 Å². The molecule has 2 rings (SSSR count). The minimum Gasteiger partial charge on any atom is -0.350 e. The monoisotopic (exact) mass is 229 g/mol. The molecule has 17 heavy (non-hydrogen) atoms. The van der Waals surface area contributed by atoms with E-state index in [1.54, 1.807) is 0 Å². The van der Waals surface area contributed by atoms with Crippen LogP contribution >= 0.6 is 0 Å². The molecular formula is C14H19N3. The molecule has 3 nitrogen and oxygen atoms in total. The van der Waals surface area contributed by atoms with Crippen LogP contribution < -0.4 is 5.73 Å². The maximum atomic E-state index is 6.00. The van der Waals surface area contributed by atoms with E-state index in [-0.39, 0.29) is 6.04 Å². The SMILES string of the molecule is CCC(N)c1ccn(Cc2cncc(C)c2)c1. The van der Waals surface area contributed by atoms with E-state index in [0.717, 1.165) is 13.0 Å². The first-order valence-electron chi connectivity index (χ1n) is 6.01. The van der Waals surface area contributed by atoms with E-state index in [1.807, 2.05) is 12.4 Å². The number of aromatic nitrogens is 2. The van der Waals surface area contributed by atoms with E-state index in [4.69, 9.17) is 5.73 Å². The lowest BCUT2D eigenvalue weighted by molar-refractivity contribution is 0.692. The highest BCUT2D eigenvalue weighted by atomic mass is 14.9. The Morgan fingerprint density at radius 2 is 2.24 bits per heavy atom. The first-order valence-corrected chi connectivity index (χ1v) is 6.01. The fourth-order valence-electron chi connectivity index (χ4n) is 1.93. The molecule has 2 aromatic heterocycles. The van der Waals surface area contributed by atoms with Gasteiger partial charge in [0.2, 0.25) is 0 Å². The van der Waals surface area contributed by atoms with Crippen LogP contribution in [0.15, 0.2) is 36.9 Å². The van der Waals surface area contributed by atoms with Crippen LogP contribution in [0.2, 0.25) is 0 Å². The zero-order chi connectivity index (χ0) is 12.3. The quantitative estimate of drug-likeness (QED) is 0.876. The highest BCUT2D eigenvalue weighted by Crippen LogP contribution is 2.14. The second kappa shape index (κ2) is 5.15. The number of aryl methyl sites for hydroxylation is 1. The molecule has 0 bridgehead atoms.